The van der Waals surface area contributed by atoms with E-state index in [1.54, 1.807) is 4.90 Å². The molecule has 2 rings (SSSR count). The average molecular weight is 281 g/mol. The Morgan fingerprint density at radius 3 is 2.79 bits per heavy atom. The van der Waals surface area contributed by atoms with Crippen molar-refractivity contribution in [2.45, 2.75) is 25.0 Å². The molecule has 19 heavy (non-hydrogen) atoms. The van der Waals surface area contributed by atoms with Gasteiger partial charge in [0.05, 0.1) is 5.56 Å². The van der Waals surface area contributed by atoms with E-state index in [-0.39, 0.29) is 27.7 Å². The number of amides is 1. The smallest absolute Gasteiger partial charge is 0.257 e. The van der Waals surface area contributed by atoms with Crippen LogP contribution < -0.4 is 0 Å². The van der Waals surface area contributed by atoms with Crippen LogP contribution in [-0.2, 0) is 0 Å². The van der Waals surface area contributed by atoms with Crippen molar-refractivity contribution in [3.05, 3.63) is 23.8 Å². The van der Waals surface area contributed by atoms with Crippen molar-refractivity contribution in [3.8, 4) is 11.5 Å². The van der Waals surface area contributed by atoms with Gasteiger partial charge in [-0.3, -0.25) is 4.79 Å². The third kappa shape index (κ3) is 3.35. The number of hydrogen-bond donors (Lipinski definition) is 2. The van der Waals surface area contributed by atoms with Crippen LogP contribution in [0.2, 0.25) is 0 Å². The second-order valence-electron chi connectivity index (χ2n) is 5.35. The molecular weight excluding hydrogens is 262 g/mol. The number of phenolic OH excluding ortho intramolecular Hbond substituents is 2. The summed E-state index contributed by atoms with van der Waals surface area (Å²) in [4.78, 5) is 14.1. The Kier molecular flexibility index (Phi) is 3.94. The minimum Gasteiger partial charge on any atom is -0.508 e. The number of rotatable bonds is 1. The number of carbonyl (C=O) groups is 1. The minimum atomic E-state index is -0.216. The Morgan fingerprint density at radius 2 is 2.05 bits per heavy atom. The fraction of sp³-hybridized carbons (Fsp3) is 0.500. The van der Waals surface area contributed by atoms with Crippen molar-refractivity contribution in [1.82, 2.24) is 4.90 Å². The Bertz CT molecular complexity index is 488. The molecule has 0 unspecified atom stereocenters. The first-order valence-electron chi connectivity index (χ1n) is 6.34. The minimum absolute atomic E-state index is 0.00863. The SMILES string of the molecule is CC1(C)CCN(C(=O)c2cc(O)ccc2O)CCS1. The number of benzene rings is 1. The number of hydrogen-bond acceptors (Lipinski definition) is 4. The molecular formula is C14H19NO3S. The van der Waals surface area contributed by atoms with E-state index < -0.39 is 0 Å². The van der Waals surface area contributed by atoms with Crippen LogP contribution in [-0.4, -0.2) is 44.6 Å². The van der Waals surface area contributed by atoms with Crippen LogP contribution in [0.3, 0.4) is 0 Å². The maximum atomic E-state index is 12.4. The summed E-state index contributed by atoms with van der Waals surface area (Å²) in [5, 5.41) is 19.2. The number of phenols is 2. The van der Waals surface area contributed by atoms with Crippen LogP contribution in [0.5, 0.6) is 11.5 Å². The Balaban J connectivity index is 2.17. The molecule has 1 amide bonds. The predicted octanol–water partition coefficient (Wildman–Crippen LogP) is 2.46. The second kappa shape index (κ2) is 5.33. The predicted molar refractivity (Wildman–Crippen MR) is 76.8 cm³/mol. The summed E-state index contributed by atoms with van der Waals surface area (Å²) < 4.78 is 0.176. The van der Waals surface area contributed by atoms with Gasteiger partial charge in [-0.25, -0.2) is 0 Å². The fourth-order valence-corrected chi connectivity index (χ4v) is 3.19. The quantitative estimate of drug-likeness (QED) is 0.776. The van der Waals surface area contributed by atoms with Crippen LogP contribution in [0.4, 0.5) is 0 Å². The van der Waals surface area contributed by atoms with E-state index in [2.05, 4.69) is 13.8 Å². The molecule has 0 saturated carbocycles. The topological polar surface area (TPSA) is 60.8 Å². The van der Waals surface area contributed by atoms with E-state index in [0.29, 0.717) is 13.1 Å². The zero-order valence-electron chi connectivity index (χ0n) is 11.2. The lowest BCUT2D eigenvalue weighted by atomic mass is 10.1. The normalized spacial score (nSPS) is 18.9. The molecule has 0 aliphatic carbocycles. The molecule has 1 aliphatic heterocycles. The molecule has 4 nitrogen and oxygen atoms in total. The van der Waals surface area contributed by atoms with Crippen LogP contribution >= 0.6 is 11.8 Å². The van der Waals surface area contributed by atoms with Gasteiger partial charge in [0.25, 0.3) is 5.91 Å². The van der Waals surface area contributed by atoms with Crippen LogP contribution in [0.1, 0.15) is 30.6 Å². The summed E-state index contributed by atoms with van der Waals surface area (Å²) in [6.45, 7) is 5.70. The zero-order chi connectivity index (χ0) is 14.0. The molecule has 1 fully saturated rings. The standard InChI is InChI=1S/C14H19NO3S/c1-14(2)5-6-15(7-8-19-14)13(18)11-9-10(16)3-4-12(11)17/h3-4,9,16-17H,5-8H2,1-2H3. The summed E-state index contributed by atoms with van der Waals surface area (Å²) in [6, 6.07) is 4.04. The Hall–Kier alpha value is -1.36. The van der Waals surface area contributed by atoms with E-state index in [1.807, 2.05) is 11.8 Å². The molecule has 1 aromatic rings. The van der Waals surface area contributed by atoms with Crippen molar-refractivity contribution >= 4 is 17.7 Å². The highest BCUT2D eigenvalue weighted by atomic mass is 32.2. The van der Waals surface area contributed by atoms with E-state index in [1.165, 1.54) is 18.2 Å². The molecule has 0 bridgehead atoms. The zero-order valence-corrected chi connectivity index (χ0v) is 12.0. The van der Waals surface area contributed by atoms with Crippen molar-refractivity contribution in [2.75, 3.05) is 18.8 Å². The summed E-state index contributed by atoms with van der Waals surface area (Å²) >= 11 is 1.86. The monoisotopic (exact) mass is 281 g/mol. The van der Waals surface area contributed by atoms with Gasteiger partial charge in [-0.05, 0) is 24.6 Å². The molecule has 0 radical (unpaired) electrons. The number of thioether (sulfide) groups is 1. The molecule has 1 saturated heterocycles. The molecule has 1 heterocycles. The highest BCUT2D eigenvalue weighted by molar-refractivity contribution is 8.00. The summed E-state index contributed by atoms with van der Waals surface area (Å²) in [5.74, 6) is 0.578. The lowest BCUT2D eigenvalue weighted by Gasteiger charge is -2.23. The molecule has 0 aromatic heterocycles. The Morgan fingerprint density at radius 1 is 1.32 bits per heavy atom. The first-order valence-corrected chi connectivity index (χ1v) is 7.33. The summed E-state index contributed by atoms with van der Waals surface area (Å²) in [5.41, 5.74) is 0.171. The van der Waals surface area contributed by atoms with Gasteiger partial charge in [-0.2, -0.15) is 11.8 Å². The van der Waals surface area contributed by atoms with E-state index in [0.717, 1.165) is 12.2 Å². The third-order valence-electron chi connectivity index (χ3n) is 3.34. The number of aromatic hydroxyl groups is 2. The lowest BCUT2D eigenvalue weighted by molar-refractivity contribution is 0.0761. The maximum absolute atomic E-state index is 12.4. The molecule has 2 N–H and O–H groups in total. The molecule has 104 valence electrons. The van der Waals surface area contributed by atoms with E-state index in [9.17, 15) is 15.0 Å². The summed E-state index contributed by atoms with van der Waals surface area (Å²) in [6.07, 6.45) is 0.920. The van der Waals surface area contributed by atoms with E-state index in [4.69, 9.17) is 0 Å². The molecule has 0 spiro atoms. The van der Waals surface area contributed by atoms with Crippen molar-refractivity contribution in [1.29, 1.82) is 0 Å². The highest BCUT2D eigenvalue weighted by Crippen LogP contribution is 2.32. The second-order valence-corrected chi connectivity index (χ2v) is 7.15. The highest BCUT2D eigenvalue weighted by Gasteiger charge is 2.27. The van der Waals surface area contributed by atoms with Crippen LogP contribution in [0.25, 0.3) is 0 Å². The van der Waals surface area contributed by atoms with E-state index >= 15 is 0 Å². The van der Waals surface area contributed by atoms with Gasteiger partial charge in [-0.1, -0.05) is 13.8 Å². The van der Waals surface area contributed by atoms with Crippen molar-refractivity contribution in [3.63, 3.8) is 0 Å². The first kappa shape index (κ1) is 14.1. The Labute approximate surface area is 117 Å². The molecule has 1 aromatic carbocycles. The van der Waals surface area contributed by atoms with Crippen molar-refractivity contribution < 1.29 is 15.0 Å². The van der Waals surface area contributed by atoms with Crippen LogP contribution in [0.15, 0.2) is 18.2 Å². The largest absolute Gasteiger partial charge is 0.508 e. The van der Waals surface area contributed by atoms with Gasteiger partial charge >= 0.3 is 0 Å². The molecule has 1 aliphatic rings. The van der Waals surface area contributed by atoms with Gasteiger partial charge in [0.1, 0.15) is 11.5 Å². The van der Waals surface area contributed by atoms with Gasteiger partial charge in [-0.15, -0.1) is 0 Å². The van der Waals surface area contributed by atoms with Gasteiger partial charge < -0.3 is 15.1 Å². The number of carbonyl (C=O) groups excluding carboxylic acids is 1. The maximum Gasteiger partial charge on any atom is 0.257 e. The first-order chi connectivity index (χ1) is 8.89. The average Bonchev–Trinajstić information content (AvgIpc) is 2.52. The molecule has 0 atom stereocenters. The summed E-state index contributed by atoms with van der Waals surface area (Å²) in [7, 11) is 0. The fourth-order valence-electron chi connectivity index (χ4n) is 2.09. The van der Waals surface area contributed by atoms with Gasteiger partial charge in [0, 0.05) is 23.6 Å². The lowest BCUT2D eigenvalue weighted by Crippen LogP contribution is -2.33. The van der Waals surface area contributed by atoms with Crippen LogP contribution in [0, 0.1) is 0 Å². The number of nitrogens with zero attached hydrogens (tertiary/aromatic N) is 1. The molecule has 5 heteroatoms. The van der Waals surface area contributed by atoms with Gasteiger partial charge in [0.2, 0.25) is 0 Å². The van der Waals surface area contributed by atoms with Gasteiger partial charge in [0.15, 0.2) is 0 Å². The third-order valence-corrected chi connectivity index (χ3v) is 4.71. The van der Waals surface area contributed by atoms with Crippen molar-refractivity contribution in [2.24, 2.45) is 0 Å².